The lowest BCUT2D eigenvalue weighted by Gasteiger charge is -2.04. The van der Waals surface area contributed by atoms with Gasteiger partial charge >= 0.3 is 0 Å². The average Bonchev–Trinajstić information content (AvgIpc) is 2.76. The standard InChI is InChI=1S/C11H14N4OS/c12-10-13-11(15-14-10)17-8-4-7-16-9-5-2-1-3-6-9/h1-3,5-6H,4,7-8H2,(H3,12,13,14,15). The fourth-order valence-electron chi connectivity index (χ4n) is 1.25. The summed E-state index contributed by atoms with van der Waals surface area (Å²) in [6.45, 7) is 0.691. The van der Waals surface area contributed by atoms with Crippen LogP contribution in [-0.4, -0.2) is 27.5 Å². The van der Waals surface area contributed by atoms with Crippen molar-refractivity contribution >= 4 is 17.7 Å². The molecule has 0 spiro atoms. The Morgan fingerprint density at radius 2 is 2.12 bits per heavy atom. The van der Waals surface area contributed by atoms with Gasteiger partial charge in [-0.25, -0.2) is 5.10 Å². The van der Waals surface area contributed by atoms with Gasteiger partial charge in [-0.15, -0.1) is 5.10 Å². The molecule has 0 saturated carbocycles. The normalized spacial score (nSPS) is 10.4. The maximum absolute atomic E-state index is 5.56. The first-order chi connectivity index (χ1) is 8.34. The highest BCUT2D eigenvalue weighted by Crippen LogP contribution is 2.14. The van der Waals surface area contributed by atoms with Crippen LogP contribution in [0.2, 0.25) is 0 Å². The summed E-state index contributed by atoms with van der Waals surface area (Å²) < 4.78 is 5.56. The number of hydrogen-bond donors (Lipinski definition) is 2. The Morgan fingerprint density at radius 1 is 1.29 bits per heavy atom. The largest absolute Gasteiger partial charge is 0.494 e. The average molecular weight is 250 g/mol. The van der Waals surface area contributed by atoms with E-state index in [1.807, 2.05) is 30.3 Å². The molecule has 0 saturated heterocycles. The van der Waals surface area contributed by atoms with Gasteiger partial charge in [-0.2, -0.15) is 4.98 Å². The second-order valence-corrected chi connectivity index (χ2v) is 4.43. The zero-order chi connectivity index (χ0) is 11.9. The van der Waals surface area contributed by atoms with Crippen LogP contribution in [-0.2, 0) is 0 Å². The zero-order valence-electron chi connectivity index (χ0n) is 9.30. The van der Waals surface area contributed by atoms with Crippen molar-refractivity contribution in [2.45, 2.75) is 11.6 Å². The van der Waals surface area contributed by atoms with Crippen molar-refractivity contribution in [2.75, 3.05) is 18.1 Å². The lowest BCUT2D eigenvalue weighted by molar-refractivity contribution is 0.318. The van der Waals surface area contributed by atoms with Gasteiger partial charge in [0.1, 0.15) is 5.75 Å². The Kier molecular flexibility index (Phi) is 4.26. The molecule has 0 aliphatic heterocycles. The minimum atomic E-state index is 0.355. The quantitative estimate of drug-likeness (QED) is 0.605. The summed E-state index contributed by atoms with van der Waals surface area (Å²) >= 11 is 1.56. The molecule has 2 rings (SSSR count). The molecule has 3 N–H and O–H groups in total. The van der Waals surface area contributed by atoms with E-state index in [9.17, 15) is 0 Å². The summed E-state index contributed by atoms with van der Waals surface area (Å²) in [6.07, 6.45) is 0.938. The van der Waals surface area contributed by atoms with Crippen molar-refractivity contribution in [3.63, 3.8) is 0 Å². The number of anilines is 1. The maximum atomic E-state index is 5.56. The molecule has 1 heterocycles. The Balaban J connectivity index is 1.61. The number of para-hydroxylation sites is 1. The van der Waals surface area contributed by atoms with Crippen LogP contribution in [0.25, 0.3) is 0 Å². The molecule has 6 heteroatoms. The zero-order valence-corrected chi connectivity index (χ0v) is 10.1. The molecule has 0 bridgehead atoms. The third-order valence-electron chi connectivity index (χ3n) is 2.01. The predicted molar refractivity (Wildman–Crippen MR) is 68.1 cm³/mol. The number of rotatable bonds is 6. The summed E-state index contributed by atoms with van der Waals surface area (Å²) in [4.78, 5) is 4.00. The first kappa shape index (κ1) is 11.8. The number of ether oxygens (including phenoxy) is 1. The highest BCUT2D eigenvalue weighted by molar-refractivity contribution is 7.99. The number of benzene rings is 1. The van der Waals surface area contributed by atoms with Crippen molar-refractivity contribution in [3.8, 4) is 5.75 Å². The molecule has 0 aliphatic rings. The topological polar surface area (TPSA) is 76.8 Å². The predicted octanol–water partition coefficient (Wildman–Crippen LogP) is 1.95. The number of nitrogen functional groups attached to an aromatic ring is 1. The number of thioether (sulfide) groups is 1. The molecule has 1 aromatic heterocycles. The molecule has 0 unspecified atom stereocenters. The van der Waals surface area contributed by atoms with Gasteiger partial charge in [0.2, 0.25) is 11.1 Å². The third kappa shape index (κ3) is 3.99. The first-order valence-electron chi connectivity index (χ1n) is 5.33. The number of aromatic amines is 1. The van der Waals surface area contributed by atoms with Gasteiger partial charge in [0.15, 0.2) is 0 Å². The summed E-state index contributed by atoms with van der Waals surface area (Å²) in [5.74, 6) is 2.16. The Hall–Kier alpha value is -1.69. The highest BCUT2D eigenvalue weighted by Gasteiger charge is 2.00. The molecule has 5 nitrogen and oxygen atoms in total. The number of hydrogen-bond acceptors (Lipinski definition) is 5. The SMILES string of the molecule is Nc1nc(SCCCOc2ccccc2)n[nH]1. The molecule has 2 aromatic rings. The van der Waals surface area contributed by atoms with Gasteiger partial charge in [0, 0.05) is 5.75 Å². The van der Waals surface area contributed by atoms with Crippen LogP contribution < -0.4 is 10.5 Å². The number of H-pyrrole nitrogens is 1. The molecular formula is C11H14N4OS. The van der Waals surface area contributed by atoms with Gasteiger partial charge in [-0.1, -0.05) is 30.0 Å². The van der Waals surface area contributed by atoms with Crippen molar-refractivity contribution in [3.05, 3.63) is 30.3 Å². The van der Waals surface area contributed by atoms with E-state index in [0.29, 0.717) is 17.7 Å². The fourth-order valence-corrected chi connectivity index (χ4v) is 1.97. The minimum absolute atomic E-state index is 0.355. The molecular weight excluding hydrogens is 236 g/mol. The van der Waals surface area contributed by atoms with Crippen molar-refractivity contribution in [2.24, 2.45) is 0 Å². The monoisotopic (exact) mass is 250 g/mol. The summed E-state index contributed by atoms with van der Waals surface area (Å²) in [5.41, 5.74) is 5.42. The third-order valence-corrected chi connectivity index (χ3v) is 2.95. The number of nitrogens with zero attached hydrogens (tertiary/aromatic N) is 2. The smallest absolute Gasteiger partial charge is 0.216 e. The first-order valence-corrected chi connectivity index (χ1v) is 6.31. The van der Waals surface area contributed by atoms with Crippen molar-refractivity contribution in [1.29, 1.82) is 0 Å². The summed E-state index contributed by atoms with van der Waals surface area (Å²) in [7, 11) is 0. The van der Waals surface area contributed by atoms with E-state index < -0.39 is 0 Å². The van der Waals surface area contributed by atoms with E-state index in [4.69, 9.17) is 10.5 Å². The van der Waals surface area contributed by atoms with E-state index in [1.165, 1.54) is 0 Å². The van der Waals surface area contributed by atoms with E-state index in [2.05, 4.69) is 15.2 Å². The Bertz CT molecular complexity index is 446. The Labute approximate surface area is 104 Å². The van der Waals surface area contributed by atoms with E-state index in [0.717, 1.165) is 17.9 Å². The summed E-state index contributed by atoms with van der Waals surface area (Å²) in [6, 6.07) is 9.78. The van der Waals surface area contributed by atoms with Gasteiger partial charge in [0.25, 0.3) is 0 Å². The summed E-state index contributed by atoms with van der Waals surface area (Å²) in [5, 5.41) is 7.22. The van der Waals surface area contributed by atoms with Gasteiger partial charge in [-0.05, 0) is 18.6 Å². The number of aromatic nitrogens is 3. The van der Waals surface area contributed by atoms with Gasteiger partial charge in [0.05, 0.1) is 6.61 Å². The van der Waals surface area contributed by atoms with E-state index in [1.54, 1.807) is 11.8 Å². The minimum Gasteiger partial charge on any atom is -0.494 e. The van der Waals surface area contributed by atoms with Crippen molar-refractivity contribution < 1.29 is 4.74 Å². The molecule has 90 valence electrons. The highest BCUT2D eigenvalue weighted by atomic mass is 32.2. The lowest BCUT2D eigenvalue weighted by Crippen LogP contribution is -1.98. The molecule has 0 amide bonds. The maximum Gasteiger partial charge on any atom is 0.216 e. The molecule has 17 heavy (non-hydrogen) atoms. The molecule has 0 fully saturated rings. The van der Waals surface area contributed by atoms with Crippen LogP contribution in [0.5, 0.6) is 5.75 Å². The van der Waals surface area contributed by atoms with E-state index in [-0.39, 0.29) is 0 Å². The van der Waals surface area contributed by atoms with Crippen LogP contribution in [0.3, 0.4) is 0 Å². The van der Waals surface area contributed by atoms with Crippen LogP contribution in [0.4, 0.5) is 5.95 Å². The van der Waals surface area contributed by atoms with Crippen LogP contribution >= 0.6 is 11.8 Å². The second-order valence-electron chi connectivity index (χ2n) is 3.37. The van der Waals surface area contributed by atoms with Crippen LogP contribution in [0.1, 0.15) is 6.42 Å². The van der Waals surface area contributed by atoms with Gasteiger partial charge in [-0.3, -0.25) is 0 Å². The van der Waals surface area contributed by atoms with E-state index >= 15 is 0 Å². The van der Waals surface area contributed by atoms with Crippen molar-refractivity contribution in [1.82, 2.24) is 15.2 Å². The molecule has 1 aromatic carbocycles. The number of nitrogens with two attached hydrogens (primary N) is 1. The second kappa shape index (κ2) is 6.15. The fraction of sp³-hybridized carbons (Fsp3) is 0.273. The molecule has 0 aliphatic carbocycles. The van der Waals surface area contributed by atoms with Gasteiger partial charge < -0.3 is 10.5 Å². The van der Waals surface area contributed by atoms with Crippen LogP contribution in [0.15, 0.2) is 35.5 Å². The molecule has 0 atom stereocenters. The molecule has 0 radical (unpaired) electrons. The Morgan fingerprint density at radius 3 is 2.82 bits per heavy atom. The number of nitrogens with one attached hydrogen (secondary N) is 1. The van der Waals surface area contributed by atoms with Crippen LogP contribution in [0, 0.1) is 0 Å². The lowest BCUT2D eigenvalue weighted by atomic mass is 10.3.